The van der Waals surface area contributed by atoms with Crippen molar-refractivity contribution in [2.24, 2.45) is 11.8 Å². The fraction of sp³-hybridized carbons (Fsp3) is 0.440. The Balaban J connectivity index is 1.65. The van der Waals surface area contributed by atoms with Crippen molar-refractivity contribution < 1.29 is 9.59 Å². The maximum Gasteiger partial charge on any atom is 0.228 e. The van der Waals surface area contributed by atoms with Crippen LogP contribution in [-0.4, -0.2) is 34.7 Å². The van der Waals surface area contributed by atoms with Crippen LogP contribution in [0.5, 0.6) is 0 Å². The summed E-state index contributed by atoms with van der Waals surface area (Å²) in [5, 5.41) is 0. The largest absolute Gasteiger partial charge is 0.342 e. The molecule has 2 unspecified atom stereocenters. The van der Waals surface area contributed by atoms with Crippen molar-refractivity contribution in [3.63, 3.8) is 0 Å². The molecule has 0 bridgehead atoms. The molecule has 2 fully saturated rings. The lowest BCUT2D eigenvalue weighted by atomic mass is 9.83. The molecule has 1 saturated carbocycles. The lowest BCUT2D eigenvalue weighted by Gasteiger charge is -2.42. The van der Waals surface area contributed by atoms with Crippen LogP contribution in [0.25, 0.3) is 0 Å². The topological polar surface area (TPSA) is 40.6 Å². The predicted octanol–water partition coefficient (Wildman–Crippen LogP) is 4.43. The first-order valence-electron chi connectivity index (χ1n) is 10.8. The quantitative estimate of drug-likeness (QED) is 0.702. The molecule has 0 spiro atoms. The molecule has 2 amide bonds. The van der Waals surface area contributed by atoms with Crippen molar-refractivity contribution in [2.75, 3.05) is 13.1 Å². The second kappa shape index (κ2) is 8.81. The summed E-state index contributed by atoms with van der Waals surface area (Å²) in [7, 11) is 0. The highest BCUT2D eigenvalue weighted by molar-refractivity contribution is 5.85. The Morgan fingerprint density at radius 1 is 1.00 bits per heavy atom. The molecule has 2 aromatic rings. The summed E-state index contributed by atoms with van der Waals surface area (Å²) in [5.74, 6) is 0.827. The molecule has 1 aliphatic heterocycles. The highest BCUT2D eigenvalue weighted by Crippen LogP contribution is 2.39. The van der Waals surface area contributed by atoms with Crippen molar-refractivity contribution in [1.29, 1.82) is 0 Å². The van der Waals surface area contributed by atoms with Crippen LogP contribution < -0.4 is 0 Å². The smallest absolute Gasteiger partial charge is 0.228 e. The van der Waals surface area contributed by atoms with Gasteiger partial charge in [0.1, 0.15) is 0 Å². The van der Waals surface area contributed by atoms with Gasteiger partial charge in [-0.15, -0.1) is 0 Å². The van der Waals surface area contributed by atoms with E-state index in [1.165, 1.54) is 12.8 Å². The van der Waals surface area contributed by atoms with Crippen molar-refractivity contribution in [2.45, 2.75) is 45.2 Å². The van der Waals surface area contributed by atoms with Crippen molar-refractivity contribution >= 4 is 11.8 Å². The van der Waals surface area contributed by atoms with Crippen LogP contribution in [0.3, 0.4) is 0 Å². The van der Waals surface area contributed by atoms with Gasteiger partial charge in [-0.1, -0.05) is 60.7 Å². The van der Waals surface area contributed by atoms with Gasteiger partial charge < -0.3 is 9.80 Å². The third-order valence-corrected chi connectivity index (χ3v) is 6.23. The van der Waals surface area contributed by atoms with E-state index in [4.69, 9.17) is 0 Å². The Bertz CT molecular complexity index is 832. The van der Waals surface area contributed by atoms with E-state index in [0.29, 0.717) is 25.3 Å². The highest BCUT2D eigenvalue weighted by Gasteiger charge is 2.42. The monoisotopic (exact) mass is 390 g/mol. The number of likely N-dealkylation sites (tertiary alicyclic amines) is 1. The van der Waals surface area contributed by atoms with E-state index in [9.17, 15) is 9.59 Å². The number of rotatable bonds is 7. The number of carbonyl (C=O) groups is 2. The molecule has 1 saturated heterocycles. The Kier molecular flexibility index (Phi) is 5.98. The lowest BCUT2D eigenvalue weighted by Crippen LogP contribution is -2.49. The summed E-state index contributed by atoms with van der Waals surface area (Å²) in [6, 6.07) is 20.0. The Morgan fingerprint density at radius 3 is 2.28 bits per heavy atom. The van der Waals surface area contributed by atoms with Gasteiger partial charge in [-0.25, -0.2) is 0 Å². The van der Waals surface area contributed by atoms with Gasteiger partial charge in [-0.2, -0.15) is 0 Å². The molecule has 4 nitrogen and oxygen atoms in total. The third-order valence-electron chi connectivity index (χ3n) is 6.23. The van der Waals surface area contributed by atoms with Crippen LogP contribution in [-0.2, 0) is 16.1 Å². The molecule has 29 heavy (non-hydrogen) atoms. The number of nitrogens with zero attached hydrogens (tertiary/aromatic N) is 2. The minimum absolute atomic E-state index is 0.136. The summed E-state index contributed by atoms with van der Waals surface area (Å²) in [6.45, 7) is 4.20. The molecule has 0 N–H and O–H groups in total. The number of amides is 2. The van der Waals surface area contributed by atoms with E-state index in [2.05, 4.69) is 19.1 Å². The minimum Gasteiger partial charge on any atom is -0.342 e. The summed E-state index contributed by atoms with van der Waals surface area (Å²) in [4.78, 5) is 30.5. The molecule has 0 aromatic heterocycles. The Hall–Kier alpha value is -2.62. The molecule has 152 valence electrons. The van der Waals surface area contributed by atoms with Gasteiger partial charge in [0.05, 0.1) is 12.0 Å². The van der Waals surface area contributed by atoms with E-state index in [1.54, 1.807) is 0 Å². The molecular formula is C25H30N2O2. The van der Waals surface area contributed by atoms with Crippen LogP contribution in [0, 0.1) is 11.8 Å². The molecular weight excluding hydrogens is 360 g/mol. The van der Waals surface area contributed by atoms with Gasteiger partial charge >= 0.3 is 0 Å². The molecule has 2 aliphatic rings. The second-order valence-electron chi connectivity index (χ2n) is 8.33. The van der Waals surface area contributed by atoms with Gasteiger partial charge in [0.2, 0.25) is 11.8 Å². The zero-order chi connectivity index (χ0) is 20.2. The number of benzene rings is 2. The van der Waals surface area contributed by atoms with E-state index >= 15 is 0 Å². The maximum absolute atomic E-state index is 13.6. The van der Waals surface area contributed by atoms with E-state index in [-0.39, 0.29) is 23.8 Å². The molecule has 4 rings (SSSR count). The van der Waals surface area contributed by atoms with Gasteiger partial charge in [0, 0.05) is 26.1 Å². The van der Waals surface area contributed by atoms with Gasteiger partial charge in [0.25, 0.3) is 0 Å². The zero-order valence-corrected chi connectivity index (χ0v) is 17.2. The number of hydrogen-bond acceptors (Lipinski definition) is 2. The highest BCUT2D eigenvalue weighted by atomic mass is 16.2. The fourth-order valence-corrected chi connectivity index (χ4v) is 4.46. The van der Waals surface area contributed by atoms with Gasteiger partial charge in [-0.05, 0) is 43.2 Å². The Labute approximate surface area is 173 Å². The van der Waals surface area contributed by atoms with Crippen LogP contribution in [0.1, 0.15) is 49.8 Å². The van der Waals surface area contributed by atoms with Crippen LogP contribution in [0.15, 0.2) is 60.7 Å². The van der Waals surface area contributed by atoms with E-state index < -0.39 is 0 Å². The van der Waals surface area contributed by atoms with Crippen molar-refractivity contribution in [1.82, 2.24) is 9.80 Å². The first-order valence-corrected chi connectivity index (χ1v) is 10.8. The average molecular weight is 391 g/mol. The molecule has 1 aliphatic carbocycles. The number of hydrogen-bond donors (Lipinski definition) is 0. The first-order chi connectivity index (χ1) is 14.2. The average Bonchev–Trinajstić information content (AvgIpc) is 3.58. The van der Waals surface area contributed by atoms with Crippen LogP contribution in [0.4, 0.5) is 0 Å². The SMILES string of the molecule is CCN(CC1CC1)C(=O)C1CCC(=O)N(Cc2ccccc2)C1c1ccccc1. The number of carbonyl (C=O) groups excluding carboxylic acids is 2. The van der Waals surface area contributed by atoms with E-state index in [1.807, 2.05) is 58.3 Å². The minimum atomic E-state index is -0.210. The molecule has 0 radical (unpaired) electrons. The molecule has 2 aromatic carbocycles. The van der Waals surface area contributed by atoms with Gasteiger partial charge in [0.15, 0.2) is 0 Å². The third kappa shape index (κ3) is 4.52. The first kappa shape index (κ1) is 19.7. The number of piperidine rings is 1. The van der Waals surface area contributed by atoms with Crippen molar-refractivity contribution in [3.05, 3.63) is 71.8 Å². The summed E-state index contributed by atoms with van der Waals surface area (Å²) in [5.41, 5.74) is 2.15. The van der Waals surface area contributed by atoms with Gasteiger partial charge in [-0.3, -0.25) is 9.59 Å². The van der Waals surface area contributed by atoms with Crippen LogP contribution in [0.2, 0.25) is 0 Å². The molecule has 2 atom stereocenters. The fourth-order valence-electron chi connectivity index (χ4n) is 4.46. The lowest BCUT2D eigenvalue weighted by molar-refractivity contribution is -0.148. The van der Waals surface area contributed by atoms with Crippen LogP contribution >= 0.6 is 0 Å². The second-order valence-corrected chi connectivity index (χ2v) is 8.33. The standard InChI is InChI=1S/C25H30N2O2/c1-2-26(17-20-13-14-20)25(29)22-15-16-23(28)27(18-19-9-5-3-6-10-19)24(22)21-11-7-4-8-12-21/h3-12,20,22,24H,2,13-18H2,1H3. The summed E-state index contributed by atoms with van der Waals surface area (Å²) >= 11 is 0. The van der Waals surface area contributed by atoms with E-state index in [0.717, 1.165) is 24.2 Å². The molecule has 1 heterocycles. The molecule has 4 heteroatoms. The predicted molar refractivity (Wildman–Crippen MR) is 114 cm³/mol. The normalized spacial score (nSPS) is 21.8. The maximum atomic E-state index is 13.6. The van der Waals surface area contributed by atoms with Crippen molar-refractivity contribution in [3.8, 4) is 0 Å². The summed E-state index contributed by atoms with van der Waals surface area (Å²) in [6.07, 6.45) is 3.53. The zero-order valence-electron chi connectivity index (χ0n) is 17.2. The Morgan fingerprint density at radius 2 is 1.66 bits per heavy atom. The summed E-state index contributed by atoms with van der Waals surface area (Å²) < 4.78 is 0.